The fraction of sp³-hybridized carbons (Fsp3) is 0.350. The van der Waals surface area contributed by atoms with Gasteiger partial charge in [-0.2, -0.15) is 5.10 Å². The molecule has 3 aromatic rings. The van der Waals surface area contributed by atoms with E-state index in [0.29, 0.717) is 37.6 Å². The molecule has 1 aliphatic rings. The number of piperidine rings is 1. The average molecular weight is 414 g/mol. The summed E-state index contributed by atoms with van der Waals surface area (Å²) in [5, 5.41) is 12.3. The molecule has 29 heavy (non-hydrogen) atoms. The Morgan fingerprint density at radius 2 is 1.93 bits per heavy atom. The van der Waals surface area contributed by atoms with Gasteiger partial charge in [0.15, 0.2) is 5.82 Å². The van der Waals surface area contributed by atoms with Crippen molar-refractivity contribution in [2.75, 3.05) is 13.1 Å². The first-order valence-corrected chi connectivity index (χ1v) is 11.1. The molecule has 1 fully saturated rings. The zero-order valence-electron chi connectivity index (χ0n) is 16.2. The van der Waals surface area contributed by atoms with Gasteiger partial charge >= 0.3 is 0 Å². The molecule has 0 N–H and O–H groups in total. The highest BCUT2D eigenvalue weighted by Gasteiger charge is 2.29. The second-order valence-corrected chi connectivity index (χ2v) is 9.11. The van der Waals surface area contributed by atoms with E-state index < -0.39 is 10.0 Å². The van der Waals surface area contributed by atoms with Gasteiger partial charge in [0, 0.05) is 31.5 Å². The summed E-state index contributed by atoms with van der Waals surface area (Å²) in [5.41, 5.74) is 1.88. The maximum Gasteiger partial charge on any atom is 0.233 e. The third-order valence-corrected chi connectivity index (χ3v) is 6.73. The number of nitrogens with zero attached hydrogens (tertiary/aromatic N) is 5. The third kappa shape index (κ3) is 4.80. The summed E-state index contributed by atoms with van der Waals surface area (Å²) < 4.78 is 34.5. The van der Waals surface area contributed by atoms with Crippen LogP contribution in [0.25, 0.3) is 5.82 Å². The molecule has 0 atom stereocenters. The zero-order chi connectivity index (χ0) is 20.3. The minimum atomic E-state index is -3.34. The average Bonchev–Trinajstić information content (AvgIpc) is 3.23. The van der Waals surface area contributed by atoms with Gasteiger partial charge in [-0.1, -0.05) is 29.8 Å². The molecule has 0 bridgehead atoms. The van der Waals surface area contributed by atoms with Crippen molar-refractivity contribution in [3.05, 3.63) is 66.0 Å². The lowest BCUT2D eigenvalue weighted by Crippen LogP contribution is -2.42. The van der Waals surface area contributed by atoms with E-state index in [-0.39, 0.29) is 11.9 Å². The summed E-state index contributed by atoms with van der Waals surface area (Å²) in [6.07, 6.45) is 4.63. The van der Waals surface area contributed by atoms with Gasteiger partial charge in [0.2, 0.25) is 15.9 Å². The van der Waals surface area contributed by atoms with Crippen LogP contribution in [0.3, 0.4) is 0 Å². The summed E-state index contributed by atoms with van der Waals surface area (Å²) in [6, 6.07) is 13.0. The molecule has 3 heterocycles. The normalized spacial score (nSPS) is 16.0. The SMILES string of the molecule is Cc1cccc(CS(=O)(=O)N2CCC(Oc3ccc(-n4cccn4)nn3)CC2)c1. The highest BCUT2D eigenvalue weighted by molar-refractivity contribution is 7.88. The summed E-state index contributed by atoms with van der Waals surface area (Å²) in [7, 11) is -3.34. The van der Waals surface area contributed by atoms with Crippen LogP contribution in [0.2, 0.25) is 0 Å². The van der Waals surface area contributed by atoms with Gasteiger partial charge in [0.05, 0.1) is 5.75 Å². The molecule has 0 unspecified atom stereocenters. The standard InChI is InChI=1S/C20H23N5O3S/c1-16-4-2-5-17(14-16)15-29(26,27)24-12-8-18(9-13-24)28-20-7-6-19(22-23-20)25-11-3-10-21-25/h2-7,10-11,14,18H,8-9,12-13,15H2,1H3. The third-order valence-electron chi connectivity index (χ3n) is 4.88. The molecule has 152 valence electrons. The number of ether oxygens (including phenoxy) is 1. The smallest absolute Gasteiger partial charge is 0.233 e. The van der Waals surface area contributed by atoms with Crippen molar-refractivity contribution in [1.82, 2.24) is 24.3 Å². The van der Waals surface area contributed by atoms with Crippen molar-refractivity contribution in [3.63, 3.8) is 0 Å². The van der Waals surface area contributed by atoms with Crippen LogP contribution < -0.4 is 4.74 Å². The van der Waals surface area contributed by atoms with E-state index in [1.54, 1.807) is 33.5 Å². The van der Waals surface area contributed by atoms with E-state index >= 15 is 0 Å². The van der Waals surface area contributed by atoms with Crippen LogP contribution in [-0.4, -0.2) is 51.9 Å². The van der Waals surface area contributed by atoms with E-state index in [0.717, 1.165) is 11.1 Å². The predicted octanol–water partition coefficient (Wildman–Crippen LogP) is 2.34. The van der Waals surface area contributed by atoms with Crippen LogP contribution in [0.15, 0.2) is 54.9 Å². The Balaban J connectivity index is 1.32. The van der Waals surface area contributed by atoms with E-state index in [4.69, 9.17) is 4.74 Å². The van der Waals surface area contributed by atoms with Crippen molar-refractivity contribution in [3.8, 4) is 11.7 Å². The van der Waals surface area contributed by atoms with Gasteiger partial charge in [0.25, 0.3) is 0 Å². The molecule has 9 heteroatoms. The van der Waals surface area contributed by atoms with Crippen molar-refractivity contribution < 1.29 is 13.2 Å². The molecule has 0 aliphatic carbocycles. The fourth-order valence-corrected chi connectivity index (χ4v) is 4.96. The number of hydrogen-bond acceptors (Lipinski definition) is 6. The van der Waals surface area contributed by atoms with Gasteiger partial charge in [-0.15, -0.1) is 10.2 Å². The second kappa shape index (κ2) is 8.30. The summed E-state index contributed by atoms with van der Waals surface area (Å²) in [4.78, 5) is 0. The quantitative estimate of drug-likeness (QED) is 0.616. The topological polar surface area (TPSA) is 90.2 Å². The van der Waals surface area contributed by atoms with Gasteiger partial charge < -0.3 is 4.74 Å². The summed E-state index contributed by atoms with van der Waals surface area (Å²) >= 11 is 0. The Labute approximate surface area is 170 Å². The Kier molecular flexibility index (Phi) is 5.59. The number of hydrogen-bond donors (Lipinski definition) is 0. The molecule has 8 nitrogen and oxygen atoms in total. The number of benzene rings is 1. The Bertz CT molecular complexity index is 1040. The van der Waals surface area contributed by atoms with Crippen LogP contribution >= 0.6 is 0 Å². The first-order valence-electron chi connectivity index (χ1n) is 9.53. The van der Waals surface area contributed by atoms with Gasteiger partial charge in [-0.3, -0.25) is 0 Å². The Hall–Kier alpha value is -2.78. The van der Waals surface area contributed by atoms with Gasteiger partial charge in [0.1, 0.15) is 6.10 Å². The summed E-state index contributed by atoms with van der Waals surface area (Å²) in [5.74, 6) is 1.07. The number of sulfonamides is 1. The van der Waals surface area contributed by atoms with E-state index in [1.165, 1.54) is 0 Å². The number of aryl methyl sites for hydroxylation is 1. The molecule has 1 aliphatic heterocycles. The number of rotatable bonds is 6. The Morgan fingerprint density at radius 1 is 1.10 bits per heavy atom. The van der Waals surface area contributed by atoms with Gasteiger partial charge in [-0.25, -0.2) is 17.4 Å². The molecule has 1 saturated heterocycles. The molecule has 1 aromatic carbocycles. The molecule has 0 saturated carbocycles. The largest absolute Gasteiger partial charge is 0.473 e. The molecule has 0 amide bonds. The van der Waals surface area contributed by atoms with E-state index in [9.17, 15) is 8.42 Å². The van der Waals surface area contributed by atoms with Crippen LogP contribution in [0.1, 0.15) is 24.0 Å². The molecular weight excluding hydrogens is 390 g/mol. The number of aromatic nitrogens is 4. The van der Waals surface area contributed by atoms with Crippen molar-refractivity contribution in [1.29, 1.82) is 0 Å². The Morgan fingerprint density at radius 3 is 2.59 bits per heavy atom. The highest BCUT2D eigenvalue weighted by atomic mass is 32.2. The van der Waals surface area contributed by atoms with Crippen LogP contribution in [-0.2, 0) is 15.8 Å². The molecular formula is C20H23N5O3S. The lowest BCUT2D eigenvalue weighted by molar-refractivity contribution is 0.128. The zero-order valence-corrected chi connectivity index (χ0v) is 17.0. The van der Waals surface area contributed by atoms with Gasteiger partial charge in [-0.05, 0) is 37.5 Å². The maximum absolute atomic E-state index is 12.7. The first kappa shape index (κ1) is 19.5. The van der Waals surface area contributed by atoms with Crippen molar-refractivity contribution in [2.24, 2.45) is 0 Å². The lowest BCUT2D eigenvalue weighted by atomic mass is 10.1. The predicted molar refractivity (Wildman–Crippen MR) is 108 cm³/mol. The highest BCUT2D eigenvalue weighted by Crippen LogP contribution is 2.21. The fourth-order valence-electron chi connectivity index (χ4n) is 3.41. The van der Waals surface area contributed by atoms with Crippen LogP contribution in [0.4, 0.5) is 0 Å². The minimum absolute atomic E-state index is 0.0283. The van der Waals surface area contributed by atoms with E-state index in [2.05, 4.69) is 15.3 Å². The second-order valence-electron chi connectivity index (χ2n) is 7.14. The minimum Gasteiger partial charge on any atom is -0.473 e. The lowest BCUT2D eigenvalue weighted by Gasteiger charge is -2.31. The molecule has 0 spiro atoms. The maximum atomic E-state index is 12.7. The molecule has 0 radical (unpaired) electrons. The van der Waals surface area contributed by atoms with Crippen LogP contribution in [0, 0.1) is 6.92 Å². The monoisotopic (exact) mass is 413 g/mol. The van der Waals surface area contributed by atoms with Crippen molar-refractivity contribution in [2.45, 2.75) is 31.6 Å². The van der Waals surface area contributed by atoms with Crippen LogP contribution in [0.5, 0.6) is 5.88 Å². The first-order chi connectivity index (χ1) is 14.0. The molecule has 2 aromatic heterocycles. The van der Waals surface area contributed by atoms with Crippen molar-refractivity contribution >= 4 is 10.0 Å². The van der Waals surface area contributed by atoms with E-state index in [1.807, 2.05) is 37.3 Å². The summed E-state index contributed by atoms with van der Waals surface area (Å²) in [6.45, 7) is 2.85. The molecule has 4 rings (SSSR count).